The molecule has 0 saturated carbocycles. The Morgan fingerprint density at radius 1 is 1.00 bits per heavy atom. The Morgan fingerprint density at radius 2 is 1.75 bits per heavy atom. The second kappa shape index (κ2) is 4.81. The molecule has 16 heavy (non-hydrogen) atoms. The minimum Gasteiger partial charge on any atom is -0.399 e. The molecule has 2 rings (SSSR count). The zero-order valence-electron chi connectivity index (χ0n) is 9.19. The molecule has 0 unspecified atom stereocenters. The van der Waals surface area contributed by atoms with Gasteiger partial charge in [0.15, 0.2) is 0 Å². The number of hydrogen-bond acceptors (Lipinski definition) is 2. The Morgan fingerprint density at radius 3 is 2.56 bits per heavy atom. The van der Waals surface area contributed by atoms with Crippen LogP contribution in [-0.4, -0.2) is 6.54 Å². The molecule has 0 aliphatic rings. The maximum absolute atomic E-state index is 5.73. The van der Waals surface area contributed by atoms with Crippen molar-refractivity contribution in [1.29, 1.82) is 0 Å². The van der Waals surface area contributed by atoms with Crippen molar-refractivity contribution in [3.8, 4) is 0 Å². The SMILES string of the molecule is NCCC=Cc1ccc2cc(N)ccc2c1. The zero-order valence-corrected chi connectivity index (χ0v) is 9.19. The first-order valence-corrected chi connectivity index (χ1v) is 5.45. The van der Waals surface area contributed by atoms with Gasteiger partial charge in [0.2, 0.25) is 0 Å². The summed E-state index contributed by atoms with van der Waals surface area (Å²) < 4.78 is 0. The molecule has 82 valence electrons. The monoisotopic (exact) mass is 212 g/mol. The summed E-state index contributed by atoms with van der Waals surface area (Å²) in [4.78, 5) is 0. The van der Waals surface area contributed by atoms with E-state index in [4.69, 9.17) is 11.5 Å². The van der Waals surface area contributed by atoms with E-state index in [2.05, 4.69) is 30.4 Å². The fourth-order valence-corrected chi connectivity index (χ4v) is 1.70. The summed E-state index contributed by atoms with van der Waals surface area (Å²) in [5.74, 6) is 0. The van der Waals surface area contributed by atoms with Crippen LogP contribution in [0.2, 0.25) is 0 Å². The molecule has 0 aliphatic heterocycles. The molecule has 2 aromatic carbocycles. The van der Waals surface area contributed by atoms with E-state index in [9.17, 15) is 0 Å². The average Bonchev–Trinajstić information content (AvgIpc) is 2.29. The van der Waals surface area contributed by atoms with Crippen LogP contribution in [0.1, 0.15) is 12.0 Å². The predicted octanol–water partition coefficient (Wildman–Crippen LogP) is 2.78. The van der Waals surface area contributed by atoms with E-state index in [1.54, 1.807) is 0 Å². The third-order valence-corrected chi connectivity index (χ3v) is 2.53. The van der Waals surface area contributed by atoms with Gasteiger partial charge in [-0.15, -0.1) is 0 Å². The Bertz CT molecular complexity index is 515. The second-order valence-corrected chi connectivity index (χ2v) is 3.85. The Hall–Kier alpha value is -1.80. The highest BCUT2D eigenvalue weighted by molar-refractivity contribution is 5.87. The second-order valence-electron chi connectivity index (χ2n) is 3.85. The van der Waals surface area contributed by atoms with Crippen LogP contribution in [0, 0.1) is 0 Å². The van der Waals surface area contributed by atoms with Crippen molar-refractivity contribution < 1.29 is 0 Å². The summed E-state index contributed by atoms with van der Waals surface area (Å²) in [7, 11) is 0. The number of rotatable bonds is 3. The minimum absolute atomic E-state index is 0.695. The largest absolute Gasteiger partial charge is 0.399 e. The Labute approximate surface area is 95.6 Å². The van der Waals surface area contributed by atoms with E-state index in [1.165, 1.54) is 16.3 Å². The number of nitrogens with two attached hydrogens (primary N) is 2. The first kappa shape index (κ1) is 10.7. The first-order valence-electron chi connectivity index (χ1n) is 5.45. The summed E-state index contributed by atoms with van der Waals surface area (Å²) in [6.07, 6.45) is 5.11. The average molecular weight is 212 g/mol. The highest BCUT2D eigenvalue weighted by atomic mass is 14.5. The maximum Gasteiger partial charge on any atom is 0.0320 e. The summed E-state index contributed by atoms with van der Waals surface area (Å²) in [6, 6.07) is 12.3. The van der Waals surface area contributed by atoms with Gasteiger partial charge in [-0.25, -0.2) is 0 Å². The summed E-state index contributed by atoms with van der Waals surface area (Å²) >= 11 is 0. The number of nitrogen functional groups attached to an aromatic ring is 1. The van der Waals surface area contributed by atoms with Crippen LogP contribution >= 0.6 is 0 Å². The van der Waals surface area contributed by atoms with Crippen molar-refractivity contribution in [2.75, 3.05) is 12.3 Å². The van der Waals surface area contributed by atoms with Crippen LogP contribution in [0.25, 0.3) is 16.8 Å². The van der Waals surface area contributed by atoms with Gasteiger partial charge in [-0.1, -0.05) is 30.4 Å². The quantitative estimate of drug-likeness (QED) is 0.769. The number of fused-ring (bicyclic) bond motifs is 1. The molecule has 0 atom stereocenters. The van der Waals surface area contributed by atoms with E-state index in [-0.39, 0.29) is 0 Å². The topological polar surface area (TPSA) is 52.0 Å². The van der Waals surface area contributed by atoms with Crippen molar-refractivity contribution in [3.05, 3.63) is 48.0 Å². The molecule has 2 heteroatoms. The van der Waals surface area contributed by atoms with Gasteiger partial charge >= 0.3 is 0 Å². The predicted molar refractivity (Wildman–Crippen MR) is 71.1 cm³/mol. The van der Waals surface area contributed by atoms with Gasteiger partial charge in [-0.2, -0.15) is 0 Å². The van der Waals surface area contributed by atoms with Gasteiger partial charge in [-0.3, -0.25) is 0 Å². The lowest BCUT2D eigenvalue weighted by Crippen LogP contribution is -1.94. The van der Waals surface area contributed by atoms with Crippen LogP contribution < -0.4 is 11.5 Å². The Balaban J connectivity index is 2.33. The lowest BCUT2D eigenvalue weighted by atomic mass is 10.1. The molecule has 0 aliphatic carbocycles. The lowest BCUT2D eigenvalue weighted by molar-refractivity contribution is 1.01. The van der Waals surface area contributed by atoms with Gasteiger partial charge in [-0.05, 0) is 47.5 Å². The minimum atomic E-state index is 0.695. The molecule has 0 radical (unpaired) electrons. The van der Waals surface area contributed by atoms with E-state index < -0.39 is 0 Å². The van der Waals surface area contributed by atoms with Gasteiger partial charge < -0.3 is 11.5 Å². The third-order valence-electron chi connectivity index (χ3n) is 2.53. The van der Waals surface area contributed by atoms with Gasteiger partial charge in [0, 0.05) is 5.69 Å². The van der Waals surface area contributed by atoms with E-state index in [1.807, 2.05) is 18.2 Å². The van der Waals surface area contributed by atoms with Gasteiger partial charge in [0.05, 0.1) is 0 Å². The summed E-state index contributed by atoms with van der Waals surface area (Å²) in [5.41, 5.74) is 13.2. The molecule has 0 aromatic heterocycles. The molecule has 0 heterocycles. The first-order chi connectivity index (χ1) is 7.79. The maximum atomic E-state index is 5.73. The molecule has 4 N–H and O–H groups in total. The van der Waals surface area contributed by atoms with E-state index >= 15 is 0 Å². The number of anilines is 1. The molecule has 2 nitrogen and oxygen atoms in total. The van der Waals surface area contributed by atoms with Crippen LogP contribution in [0.15, 0.2) is 42.5 Å². The fraction of sp³-hybridized carbons (Fsp3) is 0.143. The van der Waals surface area contributed by atoms with Crippen molar-refractivity contribution in [3.63, 3.8) is 0 Å². The standard InChI is InChI=1S/C14H16N2/c15-8-2-1-3-11-4-5-13-10-14(16)7-6-12(13)9-11/h1,3-7,9-10H,2,8,15-16H2. The van der Waals surface area contributed by atoms with Crippen molar-refractivity contribution in [2.24, 2.45) is 5.73 Å². The highest BCUT2D eigenvalue weighted by Gasteiger charge is 1.94. The van der Waals surface area contributed by atoms with E-state index in [0.717, 1.165) is 12.1 Å². The molecule has 0 saturated heterocycles. The molecule has 0 fully saturated rings. The lowest BCUT2D eigenvalue weighted by Gasteiger charge is -2.01. The Kier molecular flexibility index (Phi) is 3.22. The molecular formula is C14H16N2. The van der Waals surface area contributed by atoms with Crippen LogP contribution in [0.5, 0.6) is 0 Å². The zero-order chi connectivity index (χ0) is 11.4. The molecule has 0 bridgehead atoms. The van der Waals surface area contributed by atoms with Crippen LogP contribution in [0.3, 0.4) is 0 Å². The number of benzene rings is 2. The van der Waals surface area contributed by atoms with Crippen molar-refractivity contribution >= 4 is 22.5 Å². The van der Waals surface area contributed by atoms with Gasteiger partial charge in [0.1, 0.15) is 0 Å². The molecule has 0 amide bonds. The molecular weight excluding hydrogens is 196 g/mol. The van der Waals surface area contributed by atoms with Crippen molar-refractivity contribution in [2.45, 2.75) is 6.42 Å². The third kappa shape index (κ3) is 2.41. The highest BCUT2D eigenvalue weighted by Crippen LogP contribution is 2.19. The molecule has 0 spiro atoms. The van der Waals surface area contributed by atoms with Crippen LogP contribution in [0.4, 0.5) is 5.69 Å². The van der Waals surface area contributed by atoms with Crippen LogP contribution in [-0.2, 0) is 0 Å². The summed E-state index contributed by atoms with van der Waals surface area (Å²) in [6.45, 7) is 0.695. The normalized spacial score (nSPS) is 11.3. The fourth-order valence-electron chi connectivity index (χ4n) is 1.70. The smallest absolute Gasteiger partial charge is 0.0320 e. The van der Waals surface area contributed by atoms with E-state index in [0.29, 0.717) is 6.54 Å². The number of hydrogen-bond donors (Lipinski definition) is 2. The molecule has 2 aromatic rings. The van der Waals surface area contributed by atoms with Gasteiger partial charge in [0.25, 0.3) is 0 Å². The van der Waals surface area contributed by atoms with Crippen molar-refractivity contribution in [1.82, 2.24) is 0 Å². The summed E-state index contributed by atoms with van der Waals surface area (Å²) in [5, 5.41) is 2.39.